The molecule has 0 spiro atoms. The Morgan fingerprint density at radius 1 is 0.700 bits per heavy atom. The van der Waals surface area contributed by atoms with Crippen LogP contribution in [0.4, 0.5) is 5.69 Å². The molecule has 1 aliphatic heterocycles. The SMILES string of the molecule is C1=CC2Nc3cc4c5ccc6ccccc6c5n(-c5ccccc5)c4cc3C2C=C1. The van der Waals surface area contributed by atoms with Gasteiger partial charge < -0.3 is 9.88 Å². The Kier molecular flexibility index (Phi) is 3.14. The maximum Gasteiger partial charge on any atom is 0.0619 e. The van der Waals surface area contributed by atoms with E-state index in [1.54, 1.807) is 0 Å². The molecule has 0 radical (unpaired) electrons. The zero-order valence-corrected chi connectivity index (χ0v) is 16.4. The van der Waals surface area contributed by atoms with E-state index in [-0.39, 0.29) is 0 Å². The fourth-order valence-corrected chi connectivity index (χ4v) is 5.31. The lowest BCUT2D eigenvalue weighted by Gasteiger charge is -2.15. The Morgan fingerprint density at radius 3 is 2.47 bits per heavy atom. The lowest BCUT2D eigenvalue weighted by molar-refractivity contribution is 0.805. The van der Waals surface area contributed by atoms with E-state index in [0.29, 0.717) is 12.0 Å². The molecule has 0 saturated carbocycles. The number of aromatic nitrogens is 1. The van der Waals surface area contributed by atoms with Gasteiger partial charge in [-0.1, -0.05) is 78.9 Å². The first-order chi connectivity index (χ1) is 14.9. The van der Waals surface area contributed by atoms with Gasteiger partial charge >= 0.3 is 0 Å². The molecule has 0 saturated heterocycles. The average molecular weight is 384 g/mol. The highest BCUT2D eigenvalue weighted by Gasteiger charge is 2.31. The van der Waals surface area contributed by atoms with Crippen molar-refractivity contribution in [2.45, 2.75) is 12.0 Å². The summed E-state index contributed by atoms with van der Waals surface area (Å²) in [6.07, 6.45) is 8.90. The van der Waals surface area contributed by atoms with Gasteiger partial charge in [0.1, 0.15) is 0 Å². The molecular formula is C28H20N2. The third kappa shape index (κ3) is 2.08. The van der Waals surface area contributed by atoms with Crippen LogP contribution in [0.1, 0.15) is 11.5 Å². The summed E-state index contributed by atoms with van der Waals surface area (Å²) in [5.74, 6) is 0.397. The minimum atomic E-state index is 0.355. The second-order valence-electron chi connectivity index (χ2n) is 8.28. The number of nitrogens with one attached hydrogen (secondary N) is 1. The first-order valence-electron chi connectivity index (χ1n) is 10.6. The third-order valence-electron chi connectivity index (χ3n) is 6.65. The van der Waals surface area contributed by atoms with Crippen molar-refractivity contribution in [1.82, 2.24) is 4.57 Å². The van der Waals surface area contributed by atoms with Gasteiger partial charge in [-0.05, 0) is 35.2 Å². The molecule has 7 rings (SSSR count). The molecule has 2 aliphatic rings. The highest BCUT2D eigenvalue weighted by molar-refractivity contribution is 6.19. The van der Waals surface area contributed by atoms with Crippen molar-refractivity contribution in [1.29, 1.82) is 0 Å². The second-order valence-corrected chi connectivity index (χ2v) is 8.28. The number of nitrogens with zero attached hydrogens (tertiary/aromatic N) is 1. The van der Waals surface area contributed by atoms with Gasteiger partial charge in [0.25, 0.3) is 0 Å². The smallest absolute Gasteiger partial charge is 0.0619 e. The largest absolute Gasteiger partial charge is 0.378 e. The molecule has 1 N–H and O–H groups in total. The number of allylic oxidation sites excluding steroid dienone is 2. The maximum atomic E-state index is 3.73. The van der Waals surface area contributed by atoms with Gasteiger partial charge in [-0.25, -0.2) is 0 Å². The summed E-state index contributed by atoms with van der Waals surface area (Å²) in [4.78, 5) is 0. The van der Waals surface area contributed by atoms with Crippen molar-refractivity contribution in [3.05, 3.63) is 109 Å². The highest BCUT2D eigenvalue weighted by atomic mass is 15.0. The average Bonchev–Trinajstić information content (AvgIpc) is 3.33. The van der Waals surface area contributed by atoms with E-state index in [1.807, 2.05) is 0 Å². The van der Waals surface area contributed by atoms with Crippen molar-refractivity contribution in [3.8, 4) is 5.69 Å². The number of anilines is 1. The van der Waals surface area contributed by atoms with Gasteiger partial charge in [0.2, 0.25) is 0 Å². The molecule has 2 unspecified atom stereocenters. The van der Waals surface area contributed by atoms with Gasteiger partial charge in [-0.3, -0.25) is 0 Å². The lowest BCUT2D eigenvalue weighted by Crippen LogP contribution is -2.17. The van der Waals surface area contributed by atoms with Gasteiger partial charge in [-0.15, -0.1) is 0 Å². The van der Waals surface area contributed by atoms with Crippen molar-refractivity contribution >= 4 is 38.3 Å². The molecule has 5 aromatic rings. The van der Waals surface area contributed by atoms with Crippen LogP contribution >= 0.6 is 0 Å². The molecule has 142 valence electrons. The molecule has 2 heteroatoms. The minimum absolute atomic E-state index is 0.355. The van der Waals surface area contributed by atoms with Crippen LogP contribution in [-0.4, -0.2) is 10.6 Å². The predicted molar refractivity (Wildman–Crippen MR) is 127 cm³/mol. The second kappa shape index (κ2) is 5.87. The van der Waals surface area contributed by atoms with E-state index in [9.17, 15) is 0 Å². The van der Waals surface area contributed by atoms with Gasteiger partial charge in [0.15, 0.2) is 0 Å². The van der Waals surface area contributed by atoms with Crippen molar-refractivity contribution in [3.63, 3.8) is 0 Å². The van der Waals surface area contributed by atoms with Crippen molar-refractivity contribution in [2.75, 3.05) is 5.32 Å². The van der Waals surface area contributed by atoms with Crippen molar-refractivity contribution < 1.29 is 0 Å². The summed E-state index contributed by atoms with van der Waals surface area (Å²) < 4.78 is 2.45. The third-order valence-corrected chi connectivity index (χ3v) is 6.65. The van der Waals surface area contributed by atoms with Crippen LogP contribution in [0.15, 0.2) is 103 Å². The minimum Gasteiger partial charge on any atom is -0.378 e. The fourth-order valence-electron chi connectivity index (χ4n) is 5.31. The van der Waals surface area contributed by atoms with Crippen LogP contribution in [0.25, 0.3) is 38.3 Å². The van der Waals surface area contributed by atoms with E-state index in [0.717, 1.165) is 0 Å². The van der Waals surface area contributed by atoms with Gasteiger partial charge in [-0.2, -0.15) is 0 Å². The highest BCUT2D eigenvalue weighted by Crippen LogP contribution is 2.45. The molecule has 0 amide bonds. The standard InChI is InChI=1S/C28H20N2/c1-2-9-19(10-3-1)30-27-17-23-21-12-6-7-13-25(21)29-26(23)16-24(27)22-15-14-18-8-4-5-11-20(18)28(22)30/h1-17,21,25,29H. The quantitative estimate of drug-likeness (QED) is 0.331. The Balaban J connectivity index is 1.65. The number of hydrogen-bond acceptors (Lipinski definition) is 1. The molecule has 0 bridgehead atoms. The zero-order chi connectivity index (χ0) is 19.7. The van der Waals surface area contributed by atoms with E-state index in [4.69, 9.17) is 0 Å². The van der Waals surface area contributed by atoms with Crippen LogP contribution in [0.5, 0.6) is 0 Å². The normalized spacial score (nSPS) is 19.3. The van der Waals surface area contributed by atoms with Crippen LogP contribution in [0.3, 0.4) is 0 Å². The predicted octanol–water partition coefficient (Wildman–Crippen LogP) is 6.94. The molecule has 30 heavy (non-hydrogen) atoms. The van der Waals surface area contributed by atoms with Crippen LogP contribution < -0.4 is 5.32 Å². The lowest BCUT2D eigenvalue weighted by atomic mass is 9.91. The van der Waals surface area contributed by atoms with E-state index in [1.165, 1.54) is 49.5 Å². The fraction of sp³-hybridized carbons (Fsp3) is 0.0714. The summed E-state index contributed by atoms with van der Waals surface area (Å²) >= 11 is 0. The maximum absolute atomic E-state index is 3.73. The molecule has 1 aliphatic carbocycles. The zero-order valence-electron chi connectivity index (χ0n) is 16.4. The molecule has 0 fully saturated rings. The Bertz CT molecular complexity index is 1520. The summed E-state index contributed by atoms with van der Waals surface area (Å²) in [6, 6.07) is 29.1. The van der Waals surface area contributed by atoms with E-state index in [2.05, 4.69) is 113 Å². The summed E-state index contributed by atoms with van der Waals surface area (Å²) in [7, 11) is 0. The van der Waals surface area contributed by atoms with Crippen molar-refractivity contribution in [2.24, 2.45) is 0 Å². The summed E-state index contributed by atoms with van der Waals surface area (Å²) in [5, 5.41) is 8.91. The van der Waals surface area contributed by atoms with Crippen LogP contribution in [-0.2, 0) is 0 Å². The number of rotatable bonds is 1. The van der Waals surface area contributed by atoms with Crippen LogP contribution in [0, 0.1) is 0 Å². The number of para-hydroxylation sites is 1. The molecule has 2 heterocycles. The molecular weight excluding hydrogens is 364 g/mol. The molecule has 1 aromatic heterocycles. The van der Waals surface area contributed by atoms with Gasteiger partial charge in [0, 0.05) is 33.5 Å². The monoisotopic (exact) mass is 384 g/mol. The Labute approximate surface area is 174 Å². The number of hydrogen-bond donors (Lipinski definition) is 1. The Hall–Kier alpha value is -3.78. The molecule has 4 aromatic carbocycles. The molecule has 2 atom stereocenters. The first kappa shape index (κ1) is 16.1. The summed E-state index contributed by atoms with van der Waals surface area (Å²) in [5.41, 5.74) is 6.41. The first-order valence-corrected chi connectivity index (χ1v) is 10.6. The topological polar surface area (TPSA) is 17.0 Å². The van der Waals surface area contributed by atoms with Gasteiger partial charge in [0.05, 0.1) is 17.1 Å². The Morgan fingerprint density at radius 2 is 1.53 bits per heavy atom. The van der Waals surface area contributed by atoms with E-state index < -0.39 is 0 Å². The molecule has 2 nitrogen and oxygen atoms in total. The van der Waals surface area contributed by atoms with E-state index >= 15 is 0 Å². The number of fused-ring (bicyclic) bond motifs is 8. The van der Waals surface area contributed by atoms with Crippen LogP contribution in [0.2, 0.25) is 0 Å². The summed E-state index contributed by atoms with van der Waals surface area (Å²) in [6.45, 7) is 0. The number of benzene rings is 4.